The second-order valence-electron chi connectivity index (χ2n) is 3.98. The van der Waals surface area contributed by atoms with Gasteiger partial charge in [-0.25, -0.2) is 0 Å². The fourth-order valence-corrected chi connectivity index (χ4v) is 1.91. The Morgan fingerprint density at radius 3 is 3.14 bits per heavy atom. The van der Waals surface area contributed by atoms with Gasteiger partial charge in [0.25, 0.3) is 0 Å². The average Bonchev–Trinajstić information content (AvgIpc) is 2.72. The first-order valence-electron chi connectivity index (χ1n) is 5.19. The maximum atomic E-state index is 4.32. The summed E-state index contributed by atoms with van der Waals surface area (Å²) in [6.07, 6.45) is 3.32. The zero-order valence-electron chi connectivity index (χ0n) is 8.88. The summed E-state index contributed by atoms with van der Waals surface area (Å²) in [5.74, 6) is 0. The van der Waals surface area contributed by atoms with E-state index in [1.807, 2.05) is 11.7 Å². The van der Waals surface area contributed by atoms with Gasteiger partial charge in [-0.15, -0.1) is 0 Å². The van der Waals surface area contributed by atoms with Crippen LogP contribution >= 0.6 is 0 Å². The molecule has 14 heavy (non-hydrogen) atoms. The zero-order valence-corrected chi connectivity index (χ0v) is 8.88. The quantitative estimate of drug-likeness (QED) is 0.721. The normalized spacial score (nSPS) is 21.7. The smallest absolute Gasteiger partial charge is 0.0638 e. The van der Waals surface area contributed by atoms with Crippen molar-refractivity contribution in [2.24, 2.45) is 7.05 Å². The minimum Gasteiger partial charge on any atom is -0.315 e. The van der Waals surface area contributed by atoms with E-state index < -0.39 is 0 Å². The number of aryl methyl sites for hydroxylation is 2. The van der Waals surface area contributed by atoms with Crippen molar-refractivity contribution in [2.45, 2.75) is 25.9 Å². The molecule has 2 rings (SSSR count). The van der Waals surface area contributed by atoms with Crippen molar-refractivity contribution >= 4 is 0 Å². The second kappa shape index (κ2) is 4.11. The molecule has 78 valence electrons. The molecule has 2 heterocycles. The molecule has 1 aliphatic heterocycles. The number of rotatable bonds is 3. The summed E-state index contributed by atoms with van der Waals surface area (Å²) >= 11 is 0. The van der Waals surface area contributed by atoms with E-state index in [1.54, 1.807) is 0 Å². The lowest BCUT2D eigenvalue weighted by molar-refractivity contribution is 0.546. The number of hydrogen-bond donors (Lipinski definition) is 2. The SMILES string of the molecule is Cc1nn(C)cc1CNC1CCNC1. The van der Waals surface area contributed by atoms with Crippen LogP contribution < -0.4 is 10.6 Å². The van der Waals surface area contributed by atoms with Gasteiger partial charge in [-0.3, -0.25) is 4.68 Å². The summed E-state index contributed by atoms with van der Waals surface area (Å²) in [6.45, 7) is 5.24. The molecular weight excluding hydrogens is 176 g/mol. The van der Waals surface area contributed by atoms with E-state index in [-0.39, 0.29) is 0 Å². The number of hydrogen-bond acceptors (Lipinski definition) is 3. The first-order chi connectivity index (χ1) is 6.75. The summed E-state index contributed by atoms with van der Waals surface area (Å²) in [7, 11) is 1.97. The van der Waals surface area contributed by atoms with Gasteiger partial charge in [0.2, 0.25) is 0 Å². The van der Waals surface area contributed by atoms with Crippen LogP contribution in [0.25, 0.3) is 0 Å². The molecule has 1 saturated heterocycles. The molecule has 0 aromatic carbocycles. The van der Waals surface area contributed by atoms with Crippen LogP contribution in [0.1, 0.15) is 17.7 Å². The molecular formula is C10H18N4. The largest absolute Gasteiger partial charge is 0.315 e. The summed E-state index contributed by atoms with van der Waals surface area (Å²) < 4.78 is 1.87. The van der Waals surface area contributed by atoms with Crippen LogP contribution in [-0.2, 0) is 13.6 Å². The van der Waals surface area contributed by atoms with Crippen LogP contribution in [0.5, 0.6) is 0 Å². The second-order valence-corrected chi connectivity index (χ2v) is 3.98. The molecule has 0 amide bonds. The molecule has 0 bridgehead atoms. The van der Waals surface area contributed by atoms with Crippen molar-refractivity contribution in [1.82, 2.24) is 20.4 Å². The standard InChI is InChI=1S/C10H18N4/c1-8-9(7-14(2)13-8)5-12-10-3-4-11-6-10/h7,10-12H,3-6H2,1-2H3. The van der Waals surface area contributed by atoms with Gasteiger partial charge in [0.05, 0.1) is 5.69 Å². The Kier molecular flexibility index (Phi) is 2.84. The highest BCUT2D eigenvalue weighted by molar-refractivity contribution is 5.14. The van der Waals surface area contributed by atoms with Crippen LogP contribution in [-0.4, -0.2) is 28.9 Å². The molecule has 0 saturated carbocycles. The Labute approximate surface area is 84.7 Å². The topological polar surface area (TPSA) is 41.9 Å². The van der Waals surface area contributed by atoms with Crippen LogP contribution in [0, 0.1) is 6.92 Å². The molecule has 1 unspecified atom stereocenters. The Morgan fingerprint density at radius 1 is 1.71 bits per heavy atom. The predicted molar refractivity (Wildman–Crippen MR) is 56.1 cm³/mol. The molecule has 1 aliphatic rings. The average molecular weight is 194 g/mol. The number of nitrogens with one attached hydrogen (secondary N) is 2. The van der Waals surface area contributed by atoms with Gasteiger partial charge in [-0.1, -0.05) is 0 Å². The first kappa shape index (κ1) is 9.68. The monoisotopic (exact) mass is 194 g/mol. The van der Waals surface area contributed by atoms with E-state index in [2.05, 4.69) is 28.9 Å². The summed E-state index contributed by atoms with van der Waals surface area (Å²) in [4.78, 5) is 0. The lowest BCUT2D eigenvalue weighted by Gasteiger charge is -2.09. The molecule has 4 heteroatoms. The number of nitrogens with zero attached hydrogens (tertiary/aromatic N) is 2. The lowest BCUT2D eigenvalue weighted by atomic mass is 10.2. The Bertz CT molecular complexity index is 299. The number of aromatic nitrogens is 2. The fourth-order valence-electron chi connectivity index (χ4n) is 1.91. The highest BCUT2D eigenvalue weighted by Gasteiger charge is 2.13. The third-order valence-corrected chi connectivity index (χ3v) is 2.76. The summed E-state index contributed by atoms with van der Waals surface area (Å²) in [6, 6.07) is 0.634. The van der Waals surface area contributed by atoms with E-state index in [0.717, 1.165) is 25.3 Å². The van der Waals surface area contributed by atoms with Gasteiger partial charge in [0, 0.05) is 37.9 Å². The summed E-state index contributed by atoms with van der Waals surface area (Å²) in [5, 5.41) is 11.2. The third kappa shape index (κ3) is 2.13. The van der Waals surface area contributed by atoms with Gasteiger partial charge in [0.1, 0.15) is 0 Å². The Morgan fingerprint density at radius 2 is 2.57 bits per heavy atom. The van der Waals surface area contributed by atoms with Crippen molar-refractivity contribution in [2.75, 3.05) is 13.1 Å². The van der Waals surface area contributed by atoms with Crippen LogP contribution in [0.3, 0.4) is 0 Å². The van der Waals surface area contributed by atoms with Gasteiger partial charge in [0.15, 0.2) is 0 Å². The van der Waals surface area contributed by atoms with E-state index in [9.17, 15) is 0 Å². The minimum absolute atomic E-state index is 0.634. The van der Waals surface area contributed by atoms with Crippen LogP contribution in [0.2, 0.25) is 0 Å². The molecule has 1 atom stereocenters. The molecule has 0 aliphatic carbocycles. The van der Waals surface area contributed by atoms with Crippen molar-refractivity contribution in [3.8, 4) is 0 Å². The molecule has 0 radical (unpaired) electrons. The van der Waals surface area contributed by atoms with Crippen LogP contribution in [0.4, 0.5) is 0 Å². The molecule has 0 spiro atoms. The van der Waals surface area contributed by atoms with Gasteiger partial charge >= 0.3 is 0 Å². The molecule has 1 fully saturated rings. The van der Waals surface area contributed by atoms with Crippen molar-refractivity contribution in [3.05, 3.63) is 17.5 Å². The summed E-state index contributed by atoms with van der Waals surface area (Å²) in [5.41, 5.74) is 2.44. The van der Waals surface area contributed by atoms with Gasteiger partial charge in [-0.05, 0) is 19.9 Å². The highest BCUT2D eigenvalue weighted by atomic mass is 15.3. The van der Waals surface area contributed by atoms with Crippen molar-refractivity contribution in [1.29, 1.82) is 0 Å². The molecule has 1 aromatic heterocycles. The fraction of sp³-hybridized carbons (Fsp3) is 0.700. The lowest BCUT2D eigenvalue weighted by Crippen LogP contribution is -2.30. The molecule has 4 nitrogen and oxygen atoms in total. The van der Waals surface area contributed by atoms with E-state index in [1.165, 1.54) is 12.0 Å². The van der Waals surface area contributed by atoms with Gasteiger partial charge in [-0.2, -0.15) is 5.10 Å². The van der Waals surface area contributed by atoms with Crippen LogP contribution in [0.15, 0.2) is 6.20 Å². The first-order valence-corrected chi connectivity index (χ1v) is 5.19. The van der Waals surface area contributed by atoms with Crippen molar-refractivity contribution in [3.63, 3.8) is 0 Å². The van der Waals surface area contributed by atoms with E-state index >= 15 is 0 Å². The van der Waals surface area contributed by atoms with E-state index in [4.69, 9.17) is 0 Å². The third-order valence-electron chi connectivity index (χ3n) is 2.76. The molecule has 2 N–H and O–H groups in total. The van der Waals surface area contributed by atoms with Crippen molar-refractivity contribution < 1.29 is 0 Å². The van der Waals surface area contributed by atoms with Gasteiger partial charge < -0.3 is 10.6 Å². The predicted octanol–water partition coefficient (Wildman–Crippen LogP) is 0.180. The zero-order chi connectivity index (χ0) is 9.97. The Hall–Kier alpha value is -0.870. The highest BCUT2D eigenvalue weighted by Crippen LogP contribution is 2.05. The maximum Gasteiger partial charge on any atom is 0.0638 e. The van der Waals surface area contributed by atoms with E-state index in [0.29, 0.717) is 6.04 Å². The minimum atomic E-state index is 0.634. The Balaban J connectivity index is 1.87. The molecule has 1 aromatic rings. The maximum absolute atomic E-state index is 4.32.